The number of hydrogen-bond acceptors (Lipinski definition) is 3. The van der Waals surface area contributed by atoms with Gasteiger partial charge >= 0.3 is 0 Å². The monoisotopic (exact) mass is 286 g/mol. The van der Waals surface area contributed by atoms with Crippen LogP contribution in [0.5, 0.6) is 0 Å². The minimum absolute atomic E-state index is 0.517. The van der Waals surface area contributed by atoms with Crippen LogP contribution in [-0.2, 0) is 13.5 Å². The molecule has 1 N–H and O–H groups in total. The van der Waals surface area contributed by atoms with Crippen molar-refractivity contribution in [1.29, 1.82) is 0 Å². The molecule has 0 spiro atoms. The van der Waals surface area contributed by atoms with Gasteiger partial charge in [0.2, 0.25) is 0 Å². The molecule has 2 aromatic rings. The normalized spacial score (nSPS) is 13.0. The average Bonchev–Trinajstić information content (AvgIpc) is 2.75. The van der Waals surface area contributed by atoms with Crippen LogP contribution in [0.2, 0.25) is 0 Å². The molecule has 0 saturated heterocycles. The van der Waals surface area contributed by atoms with Gasteiger partial charge in [0.15, 0.2) is 0 Å². The van der Waals surface area contributed by atoms with Crippen LogP contribution in [0.3, 0.4) is 0 Å². The maximum atomic E-state index is 9.91. The Balaban J connectivity index is 2.06. The summed E-state index contributed by atoms with van der Waals surface area (Å²) in [5, 5.41) is 9.91. The molecule has 0 aliphatic rings. The minimum atomic E-state index is -0.517. The van der Waals surface area contributed by atoms with Gasteiger partial charge in [-0.1, -0.05) is 0 Å². The first-order valence-electron chi connectivity index (χ1n) is 4.55. The van der Waals surface area contributed by atoms with Crippen molar-refractivity contribution in [1.82, 2.24) is 9.55 Å². The lowest BCUT2D eigenvalue weighted by molar-refractivity contribution is 0.175. The highest BCUT2D eigenvalue weighted by Gasteiger charge is 2.12. The molecule has 0 amide bonds. The first-order chi connectivity index (χ1) is 7.15. The Morgan fingerprint density at radius 1 is 1.60 bits per heavy atom. The third-order valence-corrected chi connectivity index (χ3v) is 3.74. The maximum Gasteiger partial charge on any atom is 0.102 e. The van der Waals surface area contributed by atoms with E-state index in [1.165, 1.54) is 0 Å². The van der Waals surface area contributed by atoms with Crippen molar-refractivity contribution < 1.29 is 5.11 Å². The van der Waals surface area contributed by atoms with E-state index >= 15 is 0 Å². The molecule has 0 bridgehead atoms. The molecule has 1 unspecified atom stereocenters. The molecule has 2 heterocycles. The molecule has 15 heavy (non-hydrogen) atoms. The molecule has 0 aliphatic heterocycles. The molecule has 0 aliphatic carbocycles. The average molecular weight is 287 g/mol. The Kier molecular flexibility index (Phi) is 3.23. The fraction of sp³-hybridized carbons (Fsp3) is 0.300. The highest BCUT2D eigenvalue weighted by atomic mass is 79.9. The van der Waals surface area contributed by atoms with Crippen LogP contribution in [0.1, 0.15) is 16.7 Å². The summed E-state index contributed by atoms with van der Waals surface area (Å²) >= 11 is 5.04. The van der Waals surface area contributed by atoms with Gasteiger partial charge in [0.1, 0.15) is 6.10 Å². The molecular formula is C10H11BrN2OS. The Labute approximate surface area is 101 Å². The predicted molar refractivity (Wildman–Crippen MR) is 63.9 cm³/mol. The molecule has 0 radical (unpaired) electrons. The Morgan fingerprint density at radius 2 is 2.40 bits per heavy atom. The van der Waals surface area contributed by atoms with Gasteiger partial charge in [-0.05, 0) is 28.1 Å². The molecule has 80 valence electrons. The van der Waals surface area contributed by atoms with Gasteiger partial charge < -0.3 is 9.67 Å². The van der Waals surface area contributed by atoms with E-state index in [-0.39, 0.29) is 0 Å². The predicted octanol–water partition coefficient (Wildman–Crippen LogP) is 2.52. The first-order valence-corrected chi connectivity index (χ1v) is 6.16. The van der Waals surface area contributed by atoms with Crippen molar-refractivity contribution in [3.63, 3.8) is 0 Å². The van der Waals surface area contributed by atoms with Crippen LogP contribution >= 0.6 is 27.3 Å². The van der Waals surface area contributed by atoms with E-state index in [2.05, 4.69) is 20.9 Å². The van der Waals surface area contributed by atoms with Crippen molar-refractivity contribution in [3.05, 3.63) is 39.0 Å². The molecule has 0 aromatic carbocycles. The van der Waals surface area contributed by atoms with Gasteiger partial charge in [-0.25, -0.2) is 4.98 Å². The number of nitrogens with zero attached hydrogens (tertiary/aromatic N) is 2. The Morgan fingerprint density at radius 3 is 2.93 bits per heavy atom. The molecule has 0 fully saturated rings. The van der Waals surface area contributed by atoms with Gasteiger partial charge in [-0.15, -0.1) is 11.3 Å². The van der Waals surface area contributed by atoms with Crippen molar-refractivity contribution >= 4 is 27.3 Å². The number of aliphatic hydroxyl groups is 1. The van der Waals surface area contributed by atoms with E-state index in [0.717, 1.165) is 14.4 Å². The van der Waals surface area contributed by atoms with E-state index < -0.39 is 6.10 Å². The summed E-state index contributed by atoms with van der Waals surface area (Å²) in [6.07, 6.45) is 3.64. The molecule has 2 aromatic heterocycles. The highest BCUT2D eigenvalue weighted by Crippen LogP contribution is 2.26. The van der Waals surface area contributed by atoms with Gasteiger partial charge in [0.05, 0.1) is 15.8 Å². The second kappa shape index (κ2) is 4.47. The van der Waals surface area contributed by atoms with E-state index in [9.17, 15) is 5.11 Å². The summed E-state index contributed by atoms with van der Waals surface area (Å²) < 4.78 is 2.92. The lowest BCUT2D eigenvalue weighted by atomic mass is 10.2. The number of imidazole rings is 1. The van der Waals surface area contributed by atoms with Crippen LogP contribution in [0.4, 0.5) is 0 Å². The van der Waals surface area contributed by atoms with Crippen LogP contribution < -0.4 is 0 Å². The Hall–Kier alpha value is -0.650. The second-order valence-corrected chi connectivity index (χ2v) is 5.94. The van der Waals surface area contributed by atoms with Crippen molar-refractivity contribution in [2.24, 2.45) is 7.05 Å². The lowest BCUT2D eigenvalue weighted by Crippen LogP contribution is -2.00. The van der Waals surface area contributed by atoms with E-state index in [4.69, 9.17) is 0 Å². The highest BCUT2D eigenvalue weighted by molar-refractivity contribution is 9.11. The van der Waals surface area contributed by atoms with E-state index in [0.29, 0.717) is 6.42 Å². The molecule has 3 nitrogen and oxygen atoms in total. The second-order valence-electron chi connectivity index (χ2n) is 3.39. The summed E-state index contributed by atoms with van der Waals surface area (Å²) in [5.41, 5.74) is 0.724. The molecule has 1 atom stereocenters. The Bertz CT molecular complexity index is 452. The quantitative estimate of drug-likeness (QED) is 0.942. The third-order valence-electron chi connectivity index (χ3n) is 2.09. The smallest absolute Gasteiger partial charge is 0.102 e. The van der Waals surface area contributed by atoms with Gasteiger partial charge in [0.25, 0.3) is 0 Å². The topological polar surface area (TPSA) is 38.0 Å². The summed E-state index contributed by atoms with van der Waals surface area (Å²) in [6, 6.07) is 4.01. The number of aromatic nitrogens is 2. The van der Waals surface area contributed by atoms with Crippen LogP contribution in [-0.4, -0.2) is 14.7 Å². The zero-order valence-corrected chi connectivity index (χ0v) is 10.6. The fourth-order valence-corrected chi connectivity index (χ4v) is 2.88. The summed E-state index contributed by atoms with van der Waals surface area (Å²) in [5.74, 6) is 0. The van der Waals surface area contributed by atoms with Crippen LogP contribution in [0, 0.1) is 0 Å². The molecular weight excluding hydrogens is 276 g/mol. The van der Waals surface area contributed by atoms with Gasteiger partial charge in [0, 0.05) is 24.5 Å². The molecule has 0 saturated carbocycles. The zero-order chi connectivity index (χ0) is 10.8. The van der Waals surface area contributed by atoms with Crippen molar-refractivity contribution in [2.75, 3.05) is 0 Å². The van der Waals surface area contributed by atoms with Crippen LogP contribution in [0.15, 0.2) is 28.4 Å². The number of aryl methyl sites for hydroxylation is 1. The maximum absolute atomic E-state index is 9.91. The number of hydrogen-bond donors (Lipinski definition) is 1. The third kappa shape index (κ3) is 2.68. The molecule has 5 heteroatoms. The van der Waals surface area contributed by atoms with Gasteiger partial charge in [-0.3, -0.25) is 0 Å². The van der Waals surface area contributed by atoms with E-state index in [1.807, 2.05) is 29.9 Å². The first kappa shape index (κ1) is 10.9. The standard InChI is InChI=1S/C10H11BrN2OS/c1-13-5-8(12-6-13)9(14)4-7-2-3-10(11)15-7/h2-3,5-6,9,14H,4H2,1H3. The van der Waals surface area contributed by atoms with Crippen LogP contribution in [0.25, 0.3) is 0 Å². The summed E-state index contributed by atoms with van der Waals surface area (Å²) in [4.78, 5) is 5.28. The largest absolute Gasteiger partial charge is 0.386 e. The summed E-state index contributed by atoms with van der Waals surface area (Å²) in [6.45, 7) is 0. The summed E-state index contributed by atoms with van der Waals surface area (Å²) in [7, 11) is 1.89. The zero-order valence-electron chi connectivity index (χ0n) is 8.22. The minimum Gasteiger partial charge on any atom is -0.386 e. The van der Waals surface area contributed by atoms with Crippen molar-refractivity contribution in [3.8, 4) is 0 Å². The number of thiophene rings is 1. The van der Waals surface area contributed by atoms with E-state index in [1.54, 1.807) is 17.7 Å². The number of halogens is 1. The number of rotatable bonds is 3. The van der Waals surface area contributed by atoms with Gasteiger partial charge in [-0.2, -0.15) is 0 Å². The fourth-order valence-electron chi connectivity index (χ4n) is 1.36. The van der Waals surface area contributed by atoms with Crippen molar-refractivity contribution in [2.45, 2.75) is 12.5 Å². The SMILES string of the molecule is Cn1cnc(C(O)Cc2ccc(Br)s2)c1. The molecule has 2 rings (SSSR count). The lowest BCUT2D eigenvalue weighted by Gasteiger charge is -2.04. The number of aliphatic hydroxyl groups excluding tert-OH is 1.